The minimum atomic E-state index is -0.902. The van der Waals surface area contributed by atoms with Crippen molar-refractivity contribution in [1.29, 1.82) is 0 Å². The summed E-state index contributed by atoms with van der Waals surface area (Å²) in [6, 6.07) is 14.0. The molecule has 39 heavy (non-hydrogen) atoms. The lowest BCUT2D eigenvalue weighted by Crippen LogP contribution is -2.52. The van der Waals surface area contributed by atoms with E-state index in [2.05, 4.69) is 10.6 Å². The number of fused-ring (bicyclic) bond motifs is 4. The van der Waals surface area contributed by atoms with Gasteiger partial charge >= 0.3 is 6.09 Å². The van der Waals surface area contributed by atoms with Crippen LogP contribution in [-0.4, -0.2) is 61.2 Å². The molecular weight excluding hydrogens is 496 g/mol. The topological polar surface area (TPSA) is 123 Å². The quantitative estimate of drug-likeness (QED) is 0.554. The first-order chi connectivity index (χ1) is 18.9. The first kappa shape index (κ1) is 28.4. The molecule has 1 saturated heterocycles. The minimum absolute atomic E-state index is 0.0342. The molecule has 210 valence electrons. The molecule has 2 aromatic carbocycles. The lowest BCUT2D eigenvalue weighted by atomic mass is 9.95. The Morgan fingerprint density at radius 3 is 2.59 bits per heavy atom. The molecule has 0 saturated carbocycles. The standard InChI is InChI=1S/C30H40N4O5/c1-21-9-11-25-18-24(21)19-32-29(36)27(12-10-22-6-3-2-4-7-22)33-28(35)26(31)14-17-39-30(37)34-15-5-8-23(20-34)13-16-38-25/h2-4,6-7,9,11,18,23,26-27H,5,8,10,12-17,19-20,31H2,1H3,(H,32,36)(H,33,35)/t23?,26-,27-/m0/s1. The third kappa shape index (κ3) is 8.45. The maximum absolute atomic E-state index is 13.3. The van der Waals surface area contributed by atoms with Crippen LogP contribution < -0.4 is 21.1 Å². The van der Waals surface area contributed by atoms with Gasteiger partial charge < -0.3 is 30.7 Å². The molecule has 2 heterocycles. The summed E-state index contributed by atoms with van der Waals surface area (Å²) in [6.45, 7) is 4.18. The van der Waals surface area contributed by atoms with Gasteiger partial charge in [-0.05, 0) is 73.8 Å². The van der Waals surface area contributed by atoms with Crippen molar-refractivity contribution < 1.29 is 23.9 Å². The highest BCUT2D eigenvalue weighted by molar-refractivity contribution is 5.89. The van der Waals surface area contributed by atoms with Crippen LogP contribution in [0.5, 0.6) is 5.75 Å². The molecule has 2 aliphatic heterocycles. The van der Waals surface area contributed by atoms with Gasteiger partial charge in [-0.25, -0.2) is 4.79 Å². The van der Waals surface area contributed by atoms with Gasteiger partial charge in [-0.3, -0.25) is 9.59 Å². The van der Waals surface area contributed by atoms with Gasteiger partial charge in [0.25, 0.3) is 0 Å². The van der Waals surface area contributed by atoms with E-state index in [1.807, 2.05) is 55.5 Å². The van der Waals surface area contributed by atoms with Gasteiger partial charge in [-0.2, -0.15) is 0 Å². The number of aryl methyl sites for hydroxylation is 2. The number of nitrogens with one attached hydrogen (secondary N) is 2. The zero-order valence-electron chi connectivity index (χ0n) is 22.7. The van der Waals surface area contributed by atoms with Crippen LogP contribution >= 0.6 is 0 Å². The predicted octanol–water partition coefficient (Wildman–Crippen LogP) is 3.08. The molecule has 1 fully saturated rings. The number of cyclic esters (lactones) is 1. The Balaban J connectivity index is 1.49. The number of hydrogen-bond acceptors (Lipinski definition) is 6. The molecule has 0 aliphatic carbocycles. The van der Waals surface area contributed by atoms with Crippen LogP contribution in [0.15, 0.2) is 48.5 Å². The number of benzene rings is 2. The minimum Gasteiger partial charge on any atom is -0.494 e. The fourth-order valence-corrected chi connectivity index (χ4v) is 5.04. The van der Waals surface area contributed by atoms with Crippen LogP contribution in [0.25, 0.3) is 0 Å². The van der Waals surface area contributed by atoms with Crippen LogP contribution in [0.2, 0.25) is 0 Å². The van der Waals surface area contributed by atoms with Crippen molar-refractivity contribution in [2.45, 2.75) is 64.1 Å². The number of hydrogen-bond donors (Lipinski definition) is 3. The summed E-state index contributed by atoms with van der Waals surface area (Å²) in [5, 5.41) is 5.81. The Bertz CT molecular complexity index is 1130. The van der Waals surface area contributed by atoms with Gasteiger partial charge in [0.05, 0.1) is 19.3 Å². The molecule has 3 atom stereocenters. The third-order valence-electron chi connectivity index (χ3n) is 7.53. The predicted molar refractivity (Wildman–Crippen MR) is 148 cm³/mol. The molecule has 3 amide bonds. The molecule has 0 spiro atoms. The summed E-state index contributed by atoms with van der Waals surface area (Å²) >= 11 is 0. The summed E-state index contributed by atoms with van der Waals surface area (Å²) in [6.07, 6.45) is 3.60. The number of carbonyl (C=O) groups is 3. The number of rotatable bonds is 3. The molecule has 4 N–H and O–H groups in total. The molecule has 4 rings (SSSR count). The fourth-order valence-electron chi connectivity index (χ4n) is 5.04. The van der Waals surface area contributed by atoms with Crippen LogP contribution in [0.3, 0.4) is 0 Å². The largest absolute Gasteiger partial charge is 0.494 e. The average molecular weight is 537 g/mol. The molecule has 1 unspecified atom stereocenters. The second-order valence-corrected chi connectivity index (χ2v) is 10.5. The summed E-state index contributed by atoms with van der Waals surface area (Å²) in [4.78, 5) is 40.5. The molecule has 2 aromatic rings. The molecule has 9 heteroatoms. The number of carbonyl (C=O) groups excluding carboxylic acids is 3. The van der Waals surface area contributed by atoms with E-state index in [9.17, 15) is 14.4 Å². The first-order valence-corrected chi connectivity index (χ1v) is 13.9. The Labute approximate surface area is 230 Å². The zero-order chi connectivity index (χ0) is 27.6. The van der Waals surface area contributed by atoms with Crippen LogP contribution in [0.1, 0.15) is 48.8 Å². The highest BCUT2D eigenvalue weighted by Gasteiger charge is 2.27. The van der Waals surface area contributed by atoms with Crippen LogP contribution in [-0.2, 0) is 27.3 Å². The highest BCUT2D eigenvalue weighted by Crippen LogP contribution is 2.22. The normalized spacial score (nSPS) is 23.6. The number of piperidine rings is 1. The van der Waals surface area contributed by atoms with Gasteiger partial charge in [-0.15, -0.1) is 0 Å². The van der Waals surface area contributed by atoms with E-state index in [0.29, 0.717) is 45.0 Å². The van der Waals surface area contributed by atoms with Gasteiger partial charge in [0.1, 0.15) is 11.8 Å². The van der Waals surface area contributed by atoms with Gasteiger partial charge in [0, 0.05) is 26.1 Å². The van der Waals surface area contributed by atoms with E-state index in [1.54, 1.807) is 4.90 Å². The lowest BCUT2D eigenvalue weighted by Gasteiger charge is -2.32. The van der Waals surface area contributed by atoms with Gasteiger partial charge in [-0.1, -0.05) is 36.4 Å². The van der Waals surface area contributed by atoms with Gasteiger partial charge in [0.15, 0.2) is 0 Å². The molecule has 9 nitrogen and oxygen atoms in total. The van der Waals surface area contributed by atoms with Gasteiger partial charge in [0.2, 0.25) is 11.8 Å². The summed E-state index contributed by atoms with van der Waals surface area (Å²) in [5.74, 6) is 0.352. The molecule has 2 aliphatic rings. The Hall–Kier alpha value is -3.59. The van der Waals surface area contributed by atoms with Crippen molar-refractivity contribution >= 4 is 17.9 Å². The number of ether oxygens (including phenoxy) is 2. The highest BCUT2D eigenvalue weighted by atomic mass is 16.6. The first-order valence-electron chi connectivity index (χ1n) is 13.9. The molecule has 0 aromatic heterocycles. The maximum atomic E-state index is 13.3. The number of nitrogens with two attached hydrogens (primary N) is 1. The van der Waals surface area contributed by atoms with Crippen molar-refractivity contribution in [3.8, 4) is 5.75 Å². The van der Waals surface area contributed by atoms with Crippen molar-refractivity contribution in [3.63, 3.8) is 0 Å². The van der Waals surface area contributed by atoms with E-state index in [-0.39, 0.29) is 25.0 Å². The van der Waals surface area contributed by atoms with E-state index < -0.39 is 18.0 Å². The van der Waals surface area contributed by atoms with E-state index in [0.717, 1.165) is 41.7 Å². The smallest absolute Gasteiger partial charge is 0.409 e. The molecule has 0 radical (unpaired) electrons. The van der Waals surface area contributed by atoms with E-state index in [1.165, 1.54) is 0 Å². The average Bonchev–Trinajstić information content (AvgIpc) is 2.95. The van der Waals surface area contributed by atoms with Crippen molar-refractivity contribution in [2.24, 2.45) is 11.7 Å². The van der Waals surface area contributed by atoms with E-state index in [4.69, 9.17) is 15.2 Å². The molecule has 4 bridgehead atoms. The third-order valence-corrected chi connectivity index (χ3v) is 7.53. The SMILES string of the molecule is Cc1ccc2cc1CNC(=O)[C@H](CCc1ccccc1)NC(=O)[C@@H](N)CCOC(=O)N1CCCC(CCO2)C1. The molecular formula is C30H40N4O5. The van der Waals surface area contributed by atoms with E-state index >= 15 is 0 Å². The van der Waals surface area contributed by atoms with Crippen LogP contribution in [0.4, 0.5) is 4.79 Å². The monoisotopic (exact) mass is 536 g/mol. The van der Waals surface area contributed by atoms with Crippen molar-refractivity contribution in [1.82, 2.24) is 15.5 Å². The second kappa shape index (κ2) is 14.0. The van der Waals surface area contributed by atoms with Crippen molar-refractivity contribution in [2.75, 3.05) is 26.3 Å². The zero-order valence-corrected chi connectivity index (χ0v) is 22.7. The Kier molecular flexibility index (Phi) is 10.2. The Morgan fingerprint density at radius 1 is 0.974 bits per heavy atom. The lowest BCUT2D eigenvalue weighted by molar-refractivity contribution is -0.130. The summed E-state index contributed by atoms with van der Waals surface area (Å²) in [5.41, 5.74) is 9.19. The summed E-state index contributed by atoms with van der Waals surface area (Å²) in [7, 11) is 0. The maximum Gasteiger partial charge on any atom is 0.409 e. The summed E-state index contributed by atoms with van der Waals surface area (Å²) < 4.78 is 11.5. The number of nitrogens with zero attached hydrogens (tertiary/aromatic N) is 1. The fraction of sp³-hybridized carbons (Fsp3) is 0.500. The Morgan fingerprint density at radius 2 is 1.77 bits per heavy atom. The van der Waals surface area contributed by atoms with Crippen molar-refractivity contribution in [3.05, 3.63) is 65.2 Å². The number of amides is 3. The second-order valence-electron chi connectivity index (χ2n) is 10.5. The van der Waals surface area contributed by atoms with Crippen LogP contribution in [0, 0.1) is 12.8 Å².